The molecule has 27 heavy (non-hydrogen) atoms. The molecule has 0 aromatic rings. The first-order valence-electron chi connectivity index (χ1n) is 8.94. The van der Waals surface area contributed by atoms with Crippen molar-refractivity contribution in [1.82, 2.24) is 0 Å². The summed E-state index contributed by atoms with van der Waals surface area (Å²) in [7, 11) is -4.84. The fourth-order valence-corrected chi connectivity index (χ4v) is 2.63. The molecular formula is C17H33NaO8S. The summed E-state index contributed by atoms with van der Waals surface area (Å²) in [6, 6.07) is 0. The zero-order valence-corrected chi connectivity index (χ0v) is 19.4. The summed E-state index contributed by atoms with van der Waals surface area (Å²) in [5, 5.41) is 13.9. The molecule has 0 spiro atoms. The van der Waals surface area contributed by atoms with Crippen molar-refractivity contribution >= 4 is 22.1 Å². The Labute approximate surface area is 185 Å². The number of hydrogen-bond acceptors (Lipinski definition) is 5. The molecule has 0 radical (unpaired) electrons. The maximum absolute atomic E-state index is 10.2. The molecule has 0 aliphatic carbocycles. The van der Waals surface area contributed by atoms with Crippen molar-refractivity contribution in [2.24, 2.45) is 0 Å². The van der Waals surface area contributed by atoms with E-state index in [1.807, 2.05) is 0 Å². The number of carbonyl (C=O) groups is 2. The third-order valence-corrected chi connectivity index (χ3v) is 4.51. The van der Waals surface area contributed by atoms with E-state index >= 15 is 0 Å². The van der Waals surface area contributed by atoms with Gasteiger partial charge in [-0.1, -0.05) is 51.9 Å². The van der Waals surface area contributed by atoms with Gasteiger partial charge in [0.05, 0.1) is 6.42 Å². The van der Waals surface area contributed by atoms with E-state index < -0.39 is 33.7 Å². The first kappa shape index (κ1) is 31.5. The Morgan fingerprint density at radius 3 is 1.78 bits per heavy atom. The van der Waals surface area contributed by atoms with Gasteiger partial charge in [0, 0.05) is 13.2 Å². The van der Waals surface area contributed by atoms with Crippen LogP contribution >= 0.6 is 0 Å². The molecule has 3 N–H and O–H groups in total. The summed E-state index contributed by atoms with van der Waals surface area (Å²) in [6.07, 6.45) is 10.7. The van der Waals surface area contributed by atoms with Gasteiger partial charge in [-0.15, -0.1) is 0 Å². The molecule has 0 bridgehead atoms. The second-order valence-corrected chi connectivity index (χ2v) is 7.48. The van der Waals surface area contributed by atoms with Crippen LogP contribution in [-0.2, 0) is 24.4 Å². The first-order valence-corrected chi connectivity index (χ1v) is 10.4. The van der Waals surface area contributed by atoms with E-state index in [-0.39, 0.29) is 29.6 Å². The van der Waals surface area contributed by atoms with Crippen LogP contribution in [0.1, 0.15) is 71.1 Å². The molecule has 8 nitrogen and oxygen atoms in total. The zero-order valence-electron chi connectivity index (χ0n) is 16.6. The van der Waals surface area contributed by atoms with E-state index in [1.165, 1.54) is 51.4 Å². The van der Waals surface area contributed by atoms with Gasteiger partial charge < -0.3 is 21.9 Å². The van der Waals surface area contributed by atoms with E-state index in [4.69, 9.17) is 19.5 Å². The Morgan fingerprint density at radius 2 is 1.44 bits per heavy atom. The molecule has 0 aliphatic heterocycles. The first-order chi connectivity index (χ1) is 12.2. The quantitative estimate of drug-likeness (QED) is 0.148. The number of carboxylic acids is 2. The largest absolute Gasteiger partial charge is 1.00 e. The third kappa shape index (κ3) is 23.8. The van der Waals surface area contributed by atoms with E-state index in [0.717, 1.165) is 19.6 Å². The molecule has 0 aromatic heterocycles. The predicted molar refractivity (Wildman–Crippen MR) is 98.6 cm³/mol. The van der Waals surface area contributed by atoms with E-state index in [2.05, 4.69) is 13.8 Å². The standard InChI is InChI=1S/C13H27O.C4H6O7S.Na/c1-3-5-6-7-8-9-10-11-13-14-12-4-2;5-3(6)1-2(4(7)8)12(9,10)11;/h2-13H2,1H3;2H,1H2,(H,5,6)(H,7,8)(H,9,10,11);/q-1;;+1. The van der Waals surface area contributed by atoms with Gasteiger partial charge in [-0.2, -0.15) is 14.8 Å². The molecule has 0 amide bonds. The molecule has 0 saturated heterocycles. The summed E-state index contributed by atoms with van der Waals surface area (Å²) >= 11 is 0. The molecule has 0 aliphatic rings. The van der Waals surface area contributed by atoms with Crippen LogP contribution in [0.4, 0.5) is 0 Å². The monoisotopic (exact) mass is 420 g/mol. The predicted octanol–water partition coefficient (Wildman–Crippen LogP) is 0.174. The maximum atomic E-state index is 10.2. The normalized spacial score (nSPS) is 11.7. The molecule has 0 rings (SSSR count). The topological polar surface area (TPSA) is 138 Å². The molecule has 0 fully saturated rings. The number of hydrogen-bond donors (Lipinski definition) is 3. The van der Waals surface area contributed by atoms with Crippen molar-refractivity contribution in [1.29, 1.82) is 0 Å². The number of ether oxygens (including phenoxy) is 1. The van der Waals surface area contributed by atoms with Crippen LogP contribution in [-0.4, -0.2) is 53.6 Å². The smallest absolute Gasteiger partial charge is 0.481 e. The summed E-state index contributed by atoms with van der Waals surface area (Å²) in [5.41, 5.74) is 0. The van der Waals surface area contributed by atoms with E-state index in [1.54, 1.807) is 0 Å². The van der Waals surface area contributed by atoms with Crippen molar-refractivity contribution < 1.29 is 67.1 Å². The molecule has 1 atom stereocenters. The Morgan fingerprint density at radius 1 is 0.963 bits per heavy atom. The van der Waals surface area contributed by atoms with Crippen LogP contribution in [0, 0.1) is 6.92 Å². The summed E-state index contributed by atoms with van der Waals surface area (Å²) in [5.74, 6) is -3.50. The Hall–Kier alpha value is -0.190. The van der Waals surface area contributed by atoms with Crippen LogP contribution in [0.25, 0.3) is 0 Å². The molecule has 0 heterocycles. The zero-order chi connectivity index (χ0) is 20.4. The van der Waals surface area contributed by atoms with Crippen molar-refractivity contribution in [3.63, 3.8) is 0 Å². The number of carboxylic acid groups (broad SMARTS) is 2. The Balaban J connectivity index is -0.000000416. The van der Waals surface area contributed by atoms with Crippen LogP contribution in [0.3, 0.4) is 0 Å². The summed E-state index contributed by atoms with van der Waals surface area (Å²) in [4.78, 5) is 20.0. The van der Waals surface area contributed by atoms with Gasteiger partial charge in [-0.3, -0.25) is 14.1 Å². The fourth-order valence-electron chi connectivity index (χ4n) is 2.02. The number of rotatable bonds is 15. The number of unbranched alkanes of at least 4 members (excludes halogenated alkanes) is 7. The molecule has 156 valence electrons. The van der Waals surface area contributed by atoms with Crippen molar-refractivity contribution in [3.8, 4) is 0 Å². The van der Waals surface area contributed by atoms with Crippen LogP contribution in [0.5, 0.6) is 0 Å². The van der Waals surface area contributed by atoms with Gasteiger partial charge in [0.2, 0.25) is 0 Å². The second kappa shape index (κ2) is 20.5. The Bertz CT molecular complexity index is 456. The molecule has 1 unspecified atom stereocenters. The van der Waals surface area contributed by atoms with Gasteiger partial charge >= 0.3 is 41.5 Å². The minimum atomic E-state index is -4.84. The summed E-state index contributed by atoms with van der Waals surface area (Å²) < 4.78 is 34.0. The summed E-state index contributed by atoms with van der Waals surface area (Å²) in [6.45, 7) is 7.77. The minimum Gasteiger partial charge on any atom is -0.481 e. The molecule has 0 aromatic carbocycles. The van der Waals surface area contributed by atoms with Crippen LogP contribution in [0.2, 0.25) is 0 Å². The molecule has 10 heteroatoms. The van der Waals surface area contributed by atoms with Gasteiger partial charge in [-0.05, 0) is 6.42 Å². The minimum absolute atomic E-state index is 0. The Kier molecular flexibility index (Phi) is 24.0. The van der Waals surface area contributed by atoms with Crippen molar-refractivity contribution in [2.45, 2.75) is 76.4 Å². The molecule has 0 saturated carbocycles. The maximum Gasteiger partial charge on any atom is 1.00 e. The SMILES string of the molecule is O=C(O)CC(C(=O)O)S(=O)(=O)O.[CH2-]CCOCCCCCCCCCC.[Na+]. The van der Waals surface area contributed by atoms with Crippen LogP contribution in [0.15, 0.2) is 0 Å². The van der Waals surface area contributed by atoms with E-state index in [9.17, 15) is 18.0 Å². The number of aliphatic carboxylic acids is 2. The second-order valence-electron chi connectivity index (χ2n) is 5.88. The van der Waals surface area contributed by atoms with Crippen molar-refractivity contribution in [3.05, 3.63) is 6.92 Å². The fraction of sp³-hybridized carbons (Fsp3) is 0.824. The van der Waals surface area contributed by atoms with Gasteiger partial charge in [0.25, 0.3) is 10.1 Å². The van der Waals surface area contributed by atoms with E-state index in [0.29, 0.717) is 0 Å². The van der Waals surface area contributed by atoms with Crippen LogP contribution < -0.4 is 29.6 Å². The average molecular weight is 421 g/mol. The van der Waals surface area contributed by atoms with Gasteiger partial charge in [0.15, 0.2) is 5.25 Å². The van der Waals surface area contributed by atoms with Gasteiger partial charge in [0.1, 0.15) is 0 Å². The average Bonchev–Trinajstić information content (AvgIpc) is 2.53. The van der Waals surface area contributed by atoms with Gasteiger partial charge in [-0.25, -0.2) is 0 Å². The van der Waals surface area contributed by atoms with Crippen molar-refractivity contribution in [2.75, 3.05) is 13.2 Å². The third-order valence-electron chi connectivity index (χ3n) is 3.43. The molecular weight excluding hydrogens is 387 g/mol.